The molecular formula is C16H16Cl2O. The fourth-order valence-corrected chi connectivity index (χ4v) is 3.34. The van der Waals surface area contributed by atoms with Crippen LogP contribution in [0, 0.1) is 0 Å². The normalized spacial score (nSPS) is 21.5. The highest BCUT2D eigenvalue weighted by molar-refractivity contribution is 6.35. The molecule has 0 amide bonds. The highest BCUT2D eigenvalue weighted by atomic mass is 35.5. The van der Waals surface area contributed by atoms with Gasteiger partial charge in [-0.1, -0.05) is 41.9 Å². The number of hydrogen-bond acceptors (Lipinski definition) is 1. The second kappa shape index (κ2) is 5.70. The minimum atomic E-state index is -0.109. The first-order valence-electron chi connectivity index (χ1n) is 6.70. The number of ether oxygens (including phenoxy) is 1. The highest BCUT2D eigenvalue weighted by Crippen LogP contribution is 2.37. The van der Waals surface area contributed by atoms with E-state index in [0.29, 0.717) is 0 Å². The molecule has 0 saturated carbocycles. The van der Waals surface area contributed by atoms with E-state index < -0.39 is 0 Å². The van der Waals surface area contributed by atoms with Gasteiger partial charge in [0.15, 0.2) is 0 Å². The standard InChI is InChI=1S/C16H16Cl2O/c17-14-9-8-13(11-5-1-2-6-12(11)14)16(18)15-7-3-4-10-19-15/h1-2,5-6,8-9,15-16H,3-4,7,10H2. The molecule has 1 fully saturated rings. The van der Waals surface area contributed by atoms with Gasteiger partial charge >= 0.3 is 0 Å². The maximum absolute atomic E-state index is 6.65. The third kappa shape index (κ3) is 2.60. The maximum atomic E-state index is 6.65. The number of fused-ring (bicyclic) bond motifs is 1. The Morgan fingerprint density at radius 3 is 2.58 bits per heavy atom. The molecule has 19 heavy (non-hydrogen) atoms. The monoisotopic (exact) mass is 294 g/mol. The molecule has 2 aromatic carbocycles. The smallest absolute Gasteiger partial charge is 0.0853 e. The third-order valence-corrected chi connectivity index (χ3v) is 4.59. The zero-order chi connectivity index (χ0) is 13.2. The molecular weight excluding hydrogens is 279 g/mol. The van der Waals surface area contributed by atoms with E-state index in [1.807, 2.05) is 30.3 Å². The van der Waals surface area contributed by atoms with Gasteiger partial charge in [-0.15, -0.1) is 11.6 Å². The molecule has 1 nitrogen and oxygen atoms in total. The van der Waals surface area contributed by atoms with Gasteiger partial charge in [0.1, 0.15) is 0 Å². The summed E-state index contributed by atoms with van der Waals surface area (Å²) < 4.78 is 5.81. The molecule has 0 aliphatic carbocycles. The first-order chi connectivity index (χ1) is 9.27. The lowest BCUT2D eigenvalue weighted by Crippen LogP contribution is -2.23. The Bertz CT molecular complexity index is 576. The van der Waals surface area contributed by atoms with Crippen molar-refractivity contribution in [1.29, 1.82) is 0 Å². The molecule has 1 heterocycles. The average Bonchev–Trinajstić information content (AvgIpc) is 2.48. The molecule has 0 spiro atoms. The molecule has 0 radical (unpaired) electrons. The van der Waals surface area contributed by atoms with Crippen LogP contribution in [-0.2, 0) is 4.74 Å². The van der Waals surface area contributed by atoms with Gasteiger partial charge in [0.05, 0.1) is 11.5 Å². The van der Waals surface area contributed by atoms with Crippen molar-refractivity contribution < 1.29 is 4.74 Å². The molecule has 0 aromatic heterocycles. The van der Waals surface area contributed by atoms with Gasteiger partial charge < -0.3 is 4.74 Å². The summed E-state index contributed by atoms with van der Waals surface area (Å²) in [6, 6.07) is 12.1. The lowest BCUT2D eigenvalue weighted by Gasteiger charge is -2.27. The highest BCUT2D eigenvalue weighted by Gasteiger charge is 2.25. The number of alkyl halides is 1. The molecule has 1 aliphatic heterocycles. The average molecular weight is 295 g/mol. The summed E-state index contributed by atoms with van der Waals surface area (Å²) >= 11 is 12.9. The molecule has 2 atom stereocenters. The molecule has 1 aliphatic rings. The van der Waals surface area contributed by atoms with Crippen LogP contribution in [0.1, 0.15) is 30.2 Å². The molecule has 2 aromatic rings. The Hall–Kier alpha value is -0.760. The van der Waals surface area contributed by atoms with Crippen LogP contribution >= 0.6 is 23.2 Å². The predicted molar refractivity (Wildman–Crippen MR) is 81.1 cm³/mol. The predicted octanol–water partition coefficient (Wildman–Crippen LogP) is 5.34. The van der Waals surface area contributed by atoms with Gasteiger partial charge in [0.25, 0.3) is 0 Å². The van der Waals surface area contributed by atoms with Crippen LogP contribution in [0.4, 0.5) is 0 Å². The zero-order valence-electron chi connectivity index (χ0n) is 10.6. The van der Waals surface area contributed by atoms with Gasteiger partial charge in [-0.3, -0.25) is 0 Å². The second-order valence-electron chi connectivity index (χ2n) is 4.99. The van der Waals surface area contributed by atoms with E-state index in [1.54, 1.807) is 0 Å². The Morgan fingerprint density at radius 2 is 1.84 bits per heavy atom. The fraction of sp³-hybridized carbons (Fsp3) is 0.375. The van der Waals surface area contributed by atoms with Crippen molar-refractivity contribution in [3.05, 3.63) is 47.0 Å². The molecule has 0 N–H and O–H groups in total. The summed E-state index contributed by atoms with van der Waals surface area (Å²) in [7, 11) is 0. The summed E-state index contributed by atoms with van der Waals surface area (Å²) in [6.45, 7) is 0.819. The van der Waals surface area contributed by atoms with Crippen molar-refractivity contribution in [1.82, 2.24) is 0 Å². The van der Waals surface area contributed by atoms with Crippen molar-refractivity contribution in [3.8, 4) is 0 Å². The van der Waals surface area contributed by atoms with Crippen LogP contribution < -0.4 is 0 Å². The van der Waals surface area contributed by atoms with Crippen LogP contribution in [0.3, 0.4) is 0 Å². The minimum absolute atomic E-state index is 0.109. The van der Waals surface area contributed by atoms with Crippen molar-refractivity contribution in [2.45, 2.75) is 30.7 Å². The first kappa shape index (κ1) is 13.2. The van der Waals surface area contributed by atoms with Gasteiger partial charge in [-0.05, 0) is 36.3 Å². The second-order valence-corrected chi connectivity index (χ2v) is 5.87. The van der Waals surface area contributed by atoms with Crippen LogP contribution in [-0.4, -0.2) is 12.7 Å². The minimum Gasteiger partial charge on any atom is -0.376 e. The van der Waals surface area contributed by atoms with Crippen molar-refractivity contribution in [2.75, 3.05) is 6.61 Å². The molecule has 3 heteroatoms. The first-order valence-corrected chi connectivity index (χ1v) is 7.51. The lowest BCUT2D eigenvalue weighted by molar-refractivity contribution is 0.0138. The Morgan fingerprint density at radius 1 is 1.05 bits per heavy atom. The quantitative estimate of drug-likeness (QED) is 0.679. The number of halogens is 2. The van der Waals surface area contributed by atoms with Crippen molar-refractivity contribution in [2.24, 2.45) is 0 Å². The third-order valence-electron chi connectivity index (χ3n) is 3.74. The Balaban J connectivity index is 2.02. The van der Waals surface area contributed by atoms with E-state index in [0.717, 1.165) is 40.8 Å². The number of benzene rings is 2. The molecule has 100 valence electrons. The van der Waals surface area contributed by atoms with Crippen molar-refractivity contribution >= 4 is 34.0 Å². The lowest BCUT2D eigenvalue weighted by atomic mass is 9.96. The molecule has 3 rings (SSSR count). The van der Waals surface area contributed by atoms with Crippen LogP contribution in [0.5, 0.6) is 0 Å². The maximum Gasteiger partial charge on any atom is 0.0853 e. The van der Waals surface area contributed by atoms with E-state index in [-0.39, 0.29) is 11.5 Å². The van der Waals surface area contributed by atoms with E-state index in [2.05, 4.69) is 6.07 Å². The zero-order valence-corrected chi connectivity index (χ0v) is 12.1. The van der Waals surface area contributed by atoms with Crippen molar-refractivity contribution in [3.63, 3.8) is 0 Å². The molecule has 2 unspecified atom stereocenters. The van der Waals surface area contributed by atoms with Crippen LogP contribution in [0.2, 0.25) is 5.02 Å². The van der Waals surface area contributed by atoms with Gasteiger partial charge in [-0.2, -0.15) is 0 Å². The summed E-state index contributed by atoms with van der Waals surface area (Å²) in [5, 5.41) is 2.85. The van der Waals surface area contributed by atoms with Gasteiger partial charge in [0, 0.05) is 17.0 Å². The van der Waals surface area contributed by atoms with E-state index in [4.69, 9.17) is 27.9 Å². The van der Waals surface area contributed by atoms with E-state index >= 15 is 0 Å². The summed E-state index contributed by atoms with van der Waals surface area (Å²) in [5.74, 6) is 0. The fourth-order valence-electron chi connectivity index (χ4n) is 2.72. The van der Waals surface area contributed by atoms with Gasteiger partial charge in [0.2, 0.25) is 0 Å². The molecule has 1 saturated heterocycles. The molecule has 0 bridgehead atoms. The Kier molecular flexibility index (Phi) is 3.97. The van der Waals surface area contributed by atoms with Crippen LogP contribution in [0.15, 0.2) is 36.4 Å². The summed E-state index contributed by atoms with van der Waals surface area (Å²) in [5.41, 5.74) is 1.12. The van der Waals surface area contributed by atoms with E-state index in [9.17, 15) is 0 Å². The number of hydrogen-bond donors (Lipinski definition) is 0. The van der Waals surface area contributed by atoms with E-state index in [1.165, 1.54) is 6.42 Å². The summed E-state index contributed by atoms with van der Waals surface area (Å²) in [6.07, 6.45) is 3.48. The largest absolute Gasteiger partial charge is 0.376 e. The summed E-state index contributed by atoms with van der Waals surface area (Å²) in [4.78, 5) is 0. The number of rotatable bonds is 2. The topological polar surface area (TPSA) is 9.23 Å². The van der Waals surface area contributed by atoms with Crippen LogP contribution in [0.25, 0.3) is 10.8 Å². The van der Waals surface area contributed by atoms with Gasteiger partial charge in [-0.25, -0.2) is 0 Å². The SMILES string of the molecule is Clc1ccc(C(Cl)C2CCCCO2)c2ccccc12. The Labute approximate surface area is 123 Å².